The Morgan fingerprint density at radius 3 is 2.53 bits per heavy atom. The number of unbranched alkanes of at least 4 members (excludes halogenated alkanes) is 5. The van der Waals surface area contributed by atoms with E-state index in [-0.39, 0.29) is 18.0 Å². The second-order valence-electron chi connectivity index (χ2n) is 5.00. The van der Waals surface area contributed by atoms with Crippen LogP contribution in [0.15, 0.2) is 12.7 Å². The molecule has 0 radical (unpaired) electrons. The number of allylic oxidation sites excluding steroid dienone is 1. The Hall–Kier alpha value is -0.790. The van der Waals surface area contributed by atoms with Crippen LogP contribution >= 0.6 is 0 Å². The van der Waals surface area contributed by atoms with Gasteiger partial charge in [-0.1, -0.05) is 45.1 Å². The number of rotatable bonds is 10. The van der Waals surface area contributed by atoms with Crippen molar-refractivity contribution in [1.82, 2.24) is 0 Å². The molecule has 98 valence electrons. The van der Waals surface area contributed by atoms with Crippen molar-refractivity contribution in [2.75, 3.05) is 0 Å². The third kappa shape index (κ3) is 4.93. The highest BCUT2D eigenvalue weighted by Crippen LogP contribution is 2.30. The van der Waals surface area contributed by atoms with Crippen LogP contribution in [0, 0.1) is 5.92 Å². The highest BCUT2D eigenvalue weighted by Gasteiger charge is 2.40. The maximum Gasteiger partial charge on any atom is 0.313 e. The molecule has 0 aromatic carbocycles. The van der Waals surface area contributed by atoms with Crippen LogP contribution < -0.4 is 0 Å². The molecule has 0 aliphatic carbocycles. The Labute approximate surface area is 105 Å². The van der Waals surface area contributed by atoms with Crippen molar-refractivity contribution in [2.45, 2.75) is 70.8 Å². The van der Waals surface area contributed by atoms with E-state index in [1.54, 1.807) is 0 Å². The maximum atomic E-state index is 11.3. The molecule has 1 heterocycles. The molecule has 2 heteroatoms. The minimum absolute atomic E-state index is 0.0371. The van der Waals surface area contributed by atoms with E-state index < -0.39 is 0 Å². The molecule has 1 aliphatic heterocycles. The molecule has 0 spiro atoms. The molecule has 0 aromatic rings. The molecule has 0 aromatic heterocycles. The highest BCUT2D eigenvalue weighted by molar-refractivity contribution is 5.78. The van der Waals surface area contributed by atoms with Crippen LogP contribution in [-0.2, 0) is 9.53 Å². The zero-order valence-corrected chi connectivity index (χ0v) is 11.1. The van der Waals surface area contributed by atoms with Gasteiger partial charge in [-0.25, -0.2) is 0 Å². The van der Waals surface area contributed by atoms with Gasteiger partial charge in [0, 0.05) is 0 Å². The first kappa shape index (κ1) is 14.3. The lowest BCUT2D eigenvalue weighted by Crippen LogP contribution is -2.44. The predicted molar refractivity (Wildman–Crippen MR) is 70.8 cm³/mol. The van der Waals surface area contributed by atoms with Crippen molar-refractivity contribution >= 4 is 5.97 Å². The molecule has 1 saturated heterocycles. The molecule has 2 atom stereocenters. The van der Waals surface area contributed by atoms with E-state index in [2.05, 4.69) is 13.5 Å². The molecule has 17 heavy (non-hydrogen) atoms. The van der Waals surface area contributed by atoms with E-state index >= 15 is 0 Å². The Morgan fingerprint density at radius 1 is 1.18 bits per heavy atom. The summed E-state index contributed by atoms with van der Waals surface area (Å²) in [6.07, 6.45) is 12.8. The number of cyclic esters (lactones) is 1. The SMILES string of the molecule is C=CCCCCCCCC1C(=O)OC1CCC. The van der Waals surface area contributed by atoms with Crippen LogP contribution in [0.2, 0.25) is 0 Å². The summed E-state index contributed by atoms with van der Waals surface area (Å²) in [4.78, 5) is 11.3. The molecule has 0 saturated carbocycles. The second-order valence-corrected chi connectivity index (χ2v) is 5.00. The summed E-state index contributed by atoms with van der Waals surface area (Å²) < 4.78 is 5.15. The third-order valence-corrected chi connectivity index (χ3v) is 3.52. The van der Waals surface area contributed by atoms with Crippen molar-refractivity contribution in [3.8, 4) is 0 Å². The summed E-state index contributed by atoms with van der Waals surface area (Å²) in [5, 5.41) is 0. The van der Waals surface area contributed by atoms with Crippen LogP contribution in [0.25, 0.3) is 0 Å². The molecule has 1 aliphatic rings. The highest BCUT2D eigenvalue weighted by atomic mass is 16.6. The number of esters is 1. The lowest BCUT2D eigenvalue weighted by atomic mass is 9.88. The normalized spacial score (nSPS) is 23.0. The zero-order valence-electron chi connectivity index (χ0n) is 11.1. The molecule has 2 nitrogen and oxygen atoms in total. The monoisotopic (exact) mass is 238 g/mol. The molecule has 1 rings (SSSR count). The van der Waals surface area contributed by atoms with E-state index in [1.165, 1.54) is 32.1 Å². The van der Waals surface area contributed by atoms with Crippen LogP contribution in [0.4, 0.5) is 0 Å². The van der Waals surface area contributed by atoms with Gasteiger partial charge in [-0.2, -0.15) is 0 Å². The van der Waals surface area contributed by atoms with Crippen LogP contribution in [-0.4, -0.2) is 12.1 Å². The summed E-state index contributed by atoms with van der Waals surface area (Å²) in [5.41, 5.74) is 0. The standard InChI is InChI=1S/C15H26O2/c1-3-5-6-7-8-9-10-12-13-14(11-4-2)17-15(13)16/h3,13-14H,1,4-12H2,2H3. The summed E-state index contributed by atoms with van der Waals surface area (Å²) in [5.74, 6) is 0.248. The summed E-state index contributed by atoms with van der Waals surface area (Å²) in [6, 6.07) is 0. The van der Waals surface area contributed by atoms with E-state index in [0.717, 1.165) is 25.7 Å². The second kappa shape index (κ2) is 8.32. The Balaban J connectivity index is 1.98. The van der Waals surface area contributed by atoms with E-state index in [0.29, 0.717) is 0 Å². The Morgan fingerprint density at radius 2 is 1.88 bits per heavy atom. The van der Waals surface area contributed by atoms with Crippen LogP contribution in [0.3, 0.4) is 0 Å². The maximum absolute atomic E-state index is 11.3. The summed E-state index contributed by atoms with van der Waals surface area (Å²) >= 11 is 0. The third-order valence-electron chi connectivity index (χ3n) is 3.52. The van der Waals surface area contributed by atoms with Gasteiger partial charge in [-0.05, 0) is 25.7 Å². The van der Waals surface area contributed by atoms with Gasteiger partial charge in [-0.15, -0.1) is 6.58 Å². The quantitative estimate of drug-likeness (QED) is 0.323. The first-order valence-electron chi connectivity index (χ1n) is 7.11. The van der Waals surface area contributed by atoms with Crippen molar-refractivity contribution in [1.29, 1.82) is 0 Å². The fourth-order valence-electron chi connectivity index (χ4n) is 2.43. The first-order valence-corrected chi connectivity index (χ1v) is 7.11. The zero-order chi connectivity index (χ0) is 12.5. The number of hydrogen-bond acceptors (Lipinski definition) is 2. The van der Waals surface area contributed by atoms with Crippen LogP contribution in [0.1, 0.15) is 64.7 Å². The Bertz CT molecular complexity index is 235. The van der Waals surface area contributed by atoms with Crippen molar-refractivity contribution < 1.29 is 9.53 Å². The van der Waals surface area contributed by atoms with Gasteiger partial charge in [0.25, 0.3) is 0 Å². The number of hydrogen-bond donors (Lipinski definition) is 0. The first-order chi connectivity index (χ1) is 8.29. The molecule has 1 fully saturated rings. The van der Waals surface area contributed by atoms with Crippen molar-refractivity contribution in [2.24, 2.45) is 5.92 Å². The van der Waals surface area contributed by atoms with Gasteiger partial charge < -0.3 is 4.74 Å². The van der Waals surface area contributed by atoms with Gasteiger partial charge >= 0.3 is 5.97 Å². The largest absolute Gasteiger partial charge is 0.461 e. The lowest BCUT2D eigenvalue weighted by molar-refractivity contribution is -0.186. The predicted octanol–water partition coefficient (Wildman–Crippen LogP) is 4.24. The molecule has 0 bridgehead atoms. The number of carbonyl (C=O) groups excluding carboxylic acids is 1. The molecule has 0 amide bonds. The molecule has 2 unspecified atom stereocenters. The van der Waals surface area contributed by atoms with Gasteiger partial charge in [0.1, 0.15) is 6.10 Å². The minimum Gasteiger partial charge on any atom is -0.461 e. The number of ether oxygens (including phenoxy) is 1. The fraction of sp³-hybridized carbons (Fsp3) is 0.800. The van der Waals surface area contributed by atoms with E-state index in [9.17, 15) is 4.79 Å². The Kier molecular flexibility index (Phi) is 6.99. The molecule has 0 N–H and O–H groups in total. The average molecular weight is 238 g/mol. The smallest absolute Gasteiger partial charge is 0.313 e. The van der Waals surface area contributed by atoms with Gasteiger partial charge in [0.05, 0.1) is 5.92 Å². The average Bonchev–Trinajstić information content (AvgIpc) is 2.32. The van der Waals surface area contributed by atoms with E-state index in [1.807, 2.05) is 6.08 Å². The summed E-state index contributed by atoms with van der Waals surface area (Å²) in [6.45, 7) is 5.86. The van der Waals surface area contributed by atoms with Gasteiger partial charge in [0.15, 0.2) is 0 Å². The topological polar surface area (TPSA) is 26.3 Å². The molecular weight excluding hydrogens is 212 g/mol. The fourth-order valence-corrected chi connectivity index (χ4v) is 2.43. The number of carbonyl (C=O) groups is 1. The van der Waals surface area contributed by atoms with Gasteiger partial charge in [-0.3, -0.25) is 4.79 Å². The van der Waals surface area contributed by atoms with Crippen molar-refractivity contribution in [3.05, 3.63) is 12.7 Å². The van der Waals surface area contributed by atoms with Crippen molar-refractivity contribution in [3.63, 3.8) is 0 Å². The van der Waals surface area contributed by atoms with E-state index in [4.69, 9.17) is 4.74 Å². The summed E-state index contributed by atoms with van der Waals surface area (Å²) in [7, 11) is 0. The van der Waals surface area contributed by atoms with Gasteiger partial charge in [0.2, 0.25) is 0 Å². The lowest BCUT2D eigenvalue weighted by Gasteiger charge is -2.35. The van der Waals surface area contributed by atoms with Crippen LogP contribution in [0.5, 0.6) is 0 Å². The minimum atomic E-state index is 0.0371. The molecular formula is C15H26O2.